The molecule has 0 spiro atoms. The monoisotopic (exact) mass is 223 g/mol. The Balaban J connectivity index is 2.29. The van der Waals surface area contributed by atoms with Crippen LogP contribution in [0.3, 0.4) is 0 Å². The molecule has 1 unspecified atom stereocenters. The van der Waals surface area contributed by atoms with E-state index >= 15 is 0 Å². The van der Waals surface area contributed by atoms with E-state index in [1.807, 2.05) is 0 Å². The number of sulfone groups is 1. The Morgan fingerprint density at radius 3 is 2.85 bits per heavy atom. The molecule has 0 bridgehead atoms. The maximum atomic E-state index is 11.1. The van der Waals surface area contributed by atoms with Crippen molar-refractivity contribution in [1.82, 2.24) is 5.32 Å². The van der Waals surface area contributed by atoms with Crippen molar-refractivity contribution < 1.29 is 13.2 Å². The fraction of sp³-hybridized carbons (Fsp3) is 0.857. The van der Waals surface area contributed by atoms with Gasteiger partial charge in [0.1, 0.15) is 0 Å². The number of methoxy groups -OCH3 is 1. The topological polar surface area (TPSA) is 55.4 Å². The van der Waals surface area contributed by atoms with Gasteiger partial charge in [0.05, 0.1) is 18.6 Å². The van der Waals surface area contributed by atoms with Crippen molar-refractivity contribution >= 4 is 27.2 Å². The second-order valence-electron chi connectivity index (χ2n) is 3.14. The van der Waals surface area contributed by atoms with Crippen LogP contribution in [0.4, 0.5) is 0 Å². The van der Waals surface area contributed by atoms with Crippen molar-refractivity contribution in [3.05, 3.63) is 0 Å². The maximum absolute atomic E-state index is 11.1. The van der Waals surface area contributed by atoms with Gasteiger partial charge in [-0.25, -0.2) is 8.42 Å². The minimum absolute atomic E-state index is 0.179. The highest BCUT2D eigenvalue weighted by atomic mass is 32.2. The summed E-state index contributed by atoms with van der Waals surface area (Å²) >= 11 is 4.76. The largest absolute Gasteiger partial charge is 0.474 e. The molecule has 1 heterocycles. The zero-order chi connectivity index (χ0) is 9.90. The van der Waals surface area contributed by atoms with Gasteiger partial charge in [0.25, 0.3) is 5.17 Å². The summed E-state index contributed by atoms with van der Waals surface area (Å²) in [5, 5.41) is 3.18. The second kappa shape index (κ2) is 4.23. The average Bonchev–Trinajstić information content (AvgIpc) is 2.41. The van der Waals surface area contributed by atoms with E-state index in [1.165, 1.54) is 7.11 Å². The van der Waals surface area contributed by atoms with Crippen molar-refractivity contribution in [1.29, 1.82) is 0 Å². The van der Waals surface area contributed by atoms with Crippen molar-refractivity contribution in [2.75, 3.05) is 25.2 Å². The van der Waals surface area contributed by atoms with Gasteiger partial charge < -0.3 is 10.1 Å². The summed E-state index contributed by atoms with van der Waals surface area (Å²) in [4.78, 5) is 0. The van der Waals surface area contributed by atoms with Crippen LogP contribution in [-0.4, -0.2) is 38.8 Å². The Morgan fingerprint density at radius 2 is 2.38 bits per heavy atom. The van der Waals surface area contributed by atoms with E-state index < -0.39 is 9.84 Å². The van der Waals surface area contributed by atoms with Crippen LogP contribution in [0.2, 0.25) is 0 Å². The predicted octanol–water partition coefficient (Wildman–Crippen LogP) is -0.0580. The molecule has 1 N–H and O–H groups in total. The molecule has 1 atom stereocenters. The van der Waals surface area contributed by atoms with Crippen LogP contribution in [0.1, 0.15) is 6.42 Å². The Hall–Kier alpha value is -0.360. The highest BCUT2D eigenvalue weighted by Crippen LogP contribution is 2.17. The van der Waals surface area contributed by atoms with E-state index in [9.17, 15) is 8.42 Å². The Kier molecular flexibility index (Phi) is 3.49. The van der Waals surface area contributed by atoms with E-state index in [4.69, 9.17) is 17.0 Å². The van der Waals surface area contributed by atoms with Crippen LogP contribution in [0.5, 0.6) is 0 Å². The number of rotatable bonds is 2. The maximum Gasteiger partial charge on any atom is 0.256 e. The summed E-state index contributed by atoms with van der Waals surface area (Å²) in [7, 11) is -1.29. The minimum atomic E-state index is -2.77. The van der Waals surface area contributed by atoms with Crippen LogP contribution < -0.4 is 5.32 Å². The van der Waals surface area contributed by atoms with E-state index in [0.29, 0.717) is 17.5 Å². The van der Waals surface area contributed by atoms with Crippen molar-refractivity contribution in [2.24, 2.45) is 5.92 Å². The standard InChI is InChI=1S/C7H13NO3S2/c1-11-7(12)8-4-6-2-3-13(9,10)5-6/h6H,2-5H2,1H3,(H,8,12). The van der Waals surface area contributed by atoms with Crippen molar-refractivity contribution in [3.63, 3.8) is 0 Å². The Labute approximate surface area is 83.6 Å². The number of thiocarbonyl (C=S) groups is 1. The zero-order valence-corrected chi connectivity index (χ0v) is 9.08. The molecule has 1 rings (SSSR count). The zero-order valence-electron chi connectivity index (χ0n) is 7.45. The molecule has 0 aliphatic carbocycles. The SMILES string of the molecule is COC(=S)NCC1CCS(=O)(=O)C1. The molecular weight excluding hydrogens is 210 g/mol. The fourth-order valence-electron chi connectivity index (χ4n) is 1.33. The molecule has 6 heteroatoms. The van der Waals surface area contributed by atoms with Crippen LogP contribution >= 0.6 is 12.2 Å². The molecular formula is C7H13NO3S2. The lowest BCUT2D eigenvalue weighted by Gasteiger charge is -2.09. The molecule has 1 aliphatic rings. The summed E-state index contributed by atoms with van der Waals surface area (Å²) in [6.07, 6.45) is 0.724. The number of nitrogens with one attached hydrogen (secondary N) is 1. The summed E-state index contributed by atoms with van der Waals surface area (Å²) in [6, 6.07) is 0. The highest BCUT2D eigenvalue weighted by Gasteiger charge is 2.27. The number of ether oxygens (including phenoxy) is 1. The molecule has 4 nitrogen and oxygen atoms in total. The summed E-state index contributed by atoms with van der Waals surface area (Å²) in [5.74, 6) is 0.754. The Bertz CT molecular complexity index is 286. The molecule has 0 amide bonds. The van der Waals surface area contributed by atoms with Crippen LogP contribution in [0.15, 0.2) is 0 Å². The predicted molar refractivity (Wildman–Crippen MR) is 54.4 cm³/mol. The first-order chi connectivity index (χ1) is 6.03. The van der Waals surface area contributed by atoms with Gasteiger partial charge in [-0.05, 0) is 24.6 Å². The smallest absolute Gasteiger partial charge is 0.256 e. The second-order valence-corrected chi connectivity index (χ2v) is 5.74. The van der Waals surface area contributed by atoms with E-state index in [2.05, 4.69) is 5.32 Å². The van der Waals surface area contributed by atoms with Crippen LogP contribution in [-0.2, 0) is 14.6 Å². The third kappa shape index (κ3) is 3.48. The first-order valence-corrected chi connectivity index (χ1v) is 6.29. The lowest BCUT2D eigenvalue weighted by atomic mass is 10.1. The molecule has 0 aromatic heterocycles. The average molecular weight is 223 g/mol. The van der Waals surface area contributed by atoms with Gasteiger partial charge in [0, 0.05) is 6.54 Å². The molecule has 76 valence electrons. The van der Waals surface area contributed by atoms with Gasteiger partial charge in [0.15, 0.2) is 9.84 Å². The van der Waals surface area contributed by atoms with Gasteiger partial charge in [0.2, 0.25) is 0 Å². The van der Waals surface area contributed by atoms with Gasteiger partial charge in [-0.2, -0.15) is 0 Å². The molecule has 1 aliphatic heterocycles. The number of hydrogen-bond acceptors (Lipinski definition) is 4. The first-order valence-electron chi connectivity index (χ1n) is 4.06. The van der Waals surface area contributed by atoms with E-state index in [0.717, 1.165) is 6.42 Å². The molecule has 0 aromatic carbocycles. The molecule has 1 fully saturated rings. The fourth-order valence-corrected chi connectivity index (χ4v) is 3.28. The third-order valence-electron chi connectivity index (χ3n) is 2.05. The summed E-state index contributed by atoms with van der Waals surface area (Å²) < 4.78 is 26.9. The summed E-state index contributed by atoms with van der Waals surface area (Å²) in [6.45, 7) is 0.589. The normalized spacial score (nSPS) is 25.5. The molecule has 0 saturated carbocycles. The van der Waals surface area contributed by atoms with Crippen molar-refractivity contribution in [3.8, 4) is 0 Å². The molecule has 0 aromatic rings. The summed E-state index contributed by atoms with van der Waals surface area (Å²) in [5.41, 5.74) is 0. The van der Waals surface area contributed by atoms with Gasteiger partial charge in [-0.15, -0.1) is 0 Å². The lowest BCUT2D eigenvalue weighted by molar-refractivity contribution is 0.386. The highest BCUT2D eigenvalue weighted by molar-refractivity contribution is 7.91. The van der Waals surface area contributed by atoms with Crippen LogP contribution in [0, 0.1) is 5.92 Å². The van der Waals surface area contributed by atoms with Crippen molar-refractivity contribution in [2.45, 2.75) is 6.42 Å². The van der Waals surface area contributed by atoms with Crippen LogP contribution in [0.25, 0.3) is 0 Å². The van der Waals surface area contributed by atoms with Gasteiger partial charge in [-0.3, -0.25) is 0 Å². The van der Waals surface area contributed by atoms with E-state index in [-0.39, 0.29) is 11.7 Å². The molecule has 0 radical (unpaired) electrons. The minimum Gasteiger partial charge on any atom is -0.474 e. The molecule has 13 heavy (non-hydrogen) atoms. The Morgan fingerprint density at radius 1 is 1.69 bits per heavy atom. The number of hydrogen-bond donors (Lipinski definition) is 1. The van der Waals surface area contributed by atoms with Gasteiger partial charge >= 0.3 is 0 Å². The third-order valence-corrected chi connectivity index (χ3v) is 4.20. The molecule has 1 saturated heterocycles. The first kappa shape index (κ1) is 10.7. The van der Waals surface area contributed by atoms with E-state index in [1.54, 1.807) is 0 Å². The quantitative estimate of drug-likeness (QED) is 0.665. The lowest BCUT2D eigenvalue weighted by Crippen LogP contribution is -2.29. The van der Waals surface area contributed by atoms with Gasteiger partial charge in [-0.1, -0.05) is 0 Å².